The zero-order valence-corrected chi connectivity index (χ0v) is 18.0. The fourth-order valence-corrected chi connectivity index (χ4v) is 6.89. The summed E-state index contributed by atoms with van der Waals surface area (Å²) < 4.78 is 14.3. The molecule has 0 N–H and O–H groups in total. The largest absolute Gasteiger partial charge is 0.371 e. The molecule has 1 aromatic carbocycles. The van der Waals surface area contributed by atoms with E-state index in [9.17, 15) is 4.21 Å². The van der Waals surface area contributed by atoms with Crippen molar-refractivity contribution < 1.29 is 4.21 Å². The smallest absolute Gasteiger partial charge is 0.227 e. The minimum atomic E-state index is -1.06. The average Bonchev–Trinajstić information content (AvgIpc) is 3.52. The van der Waals surface area contributed by atoms with Crippen molar-refractivity contribution >= 4 is 22.4 Å². The highest BCUT2D eigenvalue weighted by molar-refractivity contribution is 7.85. The molecule has 0 amide bonds. The molecule has 4 aliphatic rings. The van der Waals surface area contributed by atoms with Gasteiger partial charge in [-0.3, -0.25) is 8.78 Å². The first-order valence-electron chi connectivity index (χ1n) is 11.0. The van der Waals surface area contributed by atoms with Crippen molar-refractivity contribution in [1.82, 2.24) is 24.7 Å². The summed E-state index contributed by atoms with van der Waals surface area (Å²) in [5.41, 5.74) is 5.34. The number of aromatic nitrogens is 5. The second-order valence-corrected chi connectivity index (χ2v) is 10.6. The van der Waals surface area contributed by atoms with Crippen LogP contribution in [0.2, 0.25) is 0 Å². The van der Waals surface area contributed by atoms with Gasteiger partial charge in [0.1, 0.15) is 17.6 Å². The molecule has 9 heteroatoms. The van der Waals surface area contributed by atoms with Gasteiger partial charge in [-0.25, -0.2) is 4.98 Å². The third kappa shape index (κ3) is 2.75. The van der Waals surface area contributed by atoms with Crippen LogP contribution in [0.25, 0.3) is 5.82 Å². The van der Waals surface area contributed by atoms with Crippen molar-refractivity contribution in [3.05, 3.63) is 47.7 Å². The Morgan fingerprint density at radius 1 is 0.871 bits per heavy atom. The summed E-state index contributed by atoms with van der Waals surface area (Å²) >= 11 is 0. The van der Waals surface area contributed by atoms with E-state index in [1.807, 2.05) is 0 Å². The lowest BCUT2D eigenvalue weighted by Crippen LogP contribution is -2.30. The number of anilines is 2. The van der Waals surface area contributed by atoms with Crippen LogP contribution in [0.1, 0.15) is 16.8 Å². The van der Waals surface area contributed by atoms with E-state index in [0.29, 0.717) is 23.4 Å². The maximum Gasteiger partial charge on any atom is 0.227 e. The van der Waals surface area contributed by atoms with E-state index in [0.717, 1.165) is 49.1 Å². The van der Waals surface area contributed by atoms with E-state index in [1.54, 1.807) is 17.2 Å². The van der Waals surface area contributed by atoms with E-state index < -0.39 is 10.8 Å². The van der Waals surface area contributed by atoms with E-state index in [2.05, 4.69) is 38.2 Å². The molecule has 2 saturated heterocycles. The van der Waals surface area contributed by atoms with Crippen molar-refractivity contribution in [2.24, 2.45) is 11.8 Å². The maximum atomic E-state index is 12.6. The summed E-state index contributed by atoms with van der Waals surface area (Å²) in [4.78, 5) is 15.3. The lowest BCUT2D eigenvalue weighted by molar-refractivity contribution is 0.533. The Labute approximate surface area is 182 Å². The van der Waals surface area contributed by atoms with Crippen LogP contribution < -0.4 is 9.80 Å². The molecular weight excluding hydrogens is 410 g/mol. The molecule has 0 bridgehead atoms. The number of fused-ring (bicyclic) bond motifs is 3. The van der Waals surface area contributed by atoms with Crippen molar-refractivity contribution in [2.45, 2.75) is 24.2 Å². The van der Waals surface area contributed by atoms with Gasteiger partial charge in [-0.2, -0.15) is 4.98 Å². The fraction of sp³-hybridized carbons (Fsp3) is 0.455. The van der Waals surface area contributed by atoms with Crippen LogP contribution in [0, 0.1) is 11.8 Å². The number of nitrogens with zero attached hydrogens (tertiary/aromatic N) is 7. The maximum absolute atomic E-state index is 12.6. The first-order chi connectivity index (χ1) is 15.2. The summed E-state index contributed by atoms with van der Waals surface area (Å²) in [5.74, 6) is 3.28. The highest BCUT2D eigenvalue weighted by atomic mass is 32.2. The number of aryl methyl sites for hydroxylation is 3. The Bertz CT molecular complexity index is 1200. The lowest BCUT2D eigenvalue weighted by atomic mass is 9.88. The van der Waals surface area contributed by atoms with Crippen molar-refractivity contribution in [3.63, 3.8) is 0 Å². The Morgan fingerprint density at radius 2 is 1.61 bits per heavy atom. The first kappa shape index (κ1) is 17.8. The summed E-state index contributed by atoms with van der Waals surface area (Å²) in [6.45, 7) is 4.12. The molecule has 158 valence electrons. The standard InChI is InChI=1S/C22H23N7OS/c30-31-6-5-19-20(31)21(29-12-23-24-13-29)26-22(25-19)28-10-16-8-27(9-17(16)11-28)18-4-3-14-1-2-15(14)7-18/h3-4,7,12-13,16-17H,1-2,5-6,8-11H2. The van der Waals surface area contributed by atoms with Crippen molar-refractivity contribution in [2.75, 3.05) is 41.7 Å². The molecule has 2 aromatic heterocycles. The molecule has 3 unspecified atom stereocenters. The molecule has 31 heavy (non-hydrogen) atoms. The van der Waals surface area contributed by atoms with Gasteiger partial charge in [0.05, 0.1) is 16.5 Å². The molecule has 0 spiro atoms. The van der Waals surface area contributed by atoms with E-state index in [1.165, 1.54) is 29.7 Å². The van der Waals surface area contributed by atoms with Crippen molar-refractivity contribution in [3.8, 4) is 5.82 Å². The second-order valence-electron chi connectivity index (χ2n) is 9.07. The molecule has 3 atom stereocenters. The molecule has 8 nitrogen and oxygen atoms in total. The molecular formula is C22H23N7OS. The average molecular weight is 434 g/mol. The van der Waals surface area contributed by atoms with Crippen LogP contribution in [0.5, 0.6) is 0 Å². The molecule has 3 aromatic rings. The monoisotopic (exact) mass is 433 g/mol. The van der Waals surface area contributed by atoms with Crippen LogP contribution in [-0.4, -0.2) is 60.9 Å². The topological polar surface area (TPSA) is 80.0 Å². The number of hydrogen-bond donors (Lipinski definition) is 0. The van der Waals surface area contributed by atoms with Gasteiger partial charge in [-0.1, -0.05) is 6.07 Å². The van der Waals surface area contributed by atoms with Gasteiger partial charge in [0.15, 0.2) is 5.82 Å². The predicted octanol–water partition coefficient (Wildman–Crippen LogP) is 1.39. The van der Waals surface area contributed by atoms with E-state index >= 15 is 0 Å². The molecule has 0 saturated carbocycles. The highest BCUT2D eigenvalue weighted by Gasteiger charge is 2.41. The van der Waals surface area contributed by atoms with Crippen LogP contribution in [0.15, 0.2) is 35.7 Å². The van der Waals surface area contributed by atoms with E-state index in [4.69, 9.17) is 9.97 Å². The molecule has 2 fully saturated rings. The highest BCUT2D eigenvalue weighted by Crippen LogP contribution is 2.38. The quantitative estimate of drug-likeness (QED) is 0.618. The van der Waals surface area contributed by atoms with Crippen LogP contribution in [0.3, 0.4) is 0 Å². The van der Waals surface area contributed by atoms with Gasteiger partial charge >= 0.3 is 0 Å². The van der Waals surface area contributed by atoms with Crippen LogP contribution in [-0.2, 0) is 30.1 Å². The summed E-state index contributed by atoms with van der Waals surface area (Å²) in [6, 6.07) is 7.00. The van der Waals surface area contributed by atoms with Gasteiger partial charge in [0, 0.05) is 55.9 Å². The zero-order valence-electron chi connectivity index (χ0n) is 17.1. The summed E-state index contributed by atoms with van der Waals surface area (Å²) in [7, 11) is -1.06. The molecule has 0 radical (unpaired) electrons. The van der Waals surface area contributed by atoms with Gasteiger partial charge < -0.3 is 9.80 Å². The predicted molar refractivity (Wildman–Crippen MR) is 117 cm³/mol. The number of hydrogen-bond acceptors (Lipinski definition) is 7. The Kier molecular flexibility index (Phi) is 3.79. The summed E-state index contributed by atoms with van der Waals surface area (Å²) in [5, 5.41) is 7.82. The molecule has 3 aliphatic heterocycles. The van der Waals surface area contributed by atoms with Crippen LogP contribution >= 0.6 is 0 Å². The second kappa shape index (κ2) is 6.59. The molecule has 1 aliphatic carbocycles. The molecule has 7 rings (SSSR count). The minimum absolute atomic E-state index is 0.615. The molecule has 5 heterocycles. The lowest BCUT2D eigenvalue weighted by Gasteiger charge is -2.26. The Hall–Kier alpha value is -2.81. The number of rotatable bonds is 3. The SMILES string of the molecule is O=S1CCc2nc(N3CC4CN(c5ccc6c(c5)CC6)CC4C3)nc(-n3cnnc3)c21. The summed E-state index contributed by atoms with van der Waals surface area (Å²) in [6.07, 6.45) is 6.44. The zero-order chi connectivity index (χ0) is 20.5. The number of benzene rings is 1. The minimum Gasteiger partial charge on any atom is -0.371 e. The first-order valence-corrected chi connectivity index (χ1v) is 12.3. The Balaban J connectivity index is 1.15. The van der Waals surface area contributed by atoms with Gasteiger partial charge in [-0.15, -0.1) is 10.2 Å². The Morgan fingerprint density at radius 3 is 2.32 bits per heavy atom. The van der Waals surface area contributed by atoms with Crippen LogP contribution in [0.4, 0.5) is 11.6 Å². The van der Waals surface area contributed by atoms with Crippen molar-refractivity contribution in [1.29, 1.82) is 0 Å². The van der Waals surface area contributed by atoms with Gasteiger partial charge in [0.2, 0.25) is 5.95 Å². The van der Waals surface area contributed by atoms with Gasteiger partial charge in [-0.05, 0) is 36.1 Å². The van der Waals surface area contributed by atoms with E-state index in [-0.39, 0.29) is 0 Å². The van der Waals surface area contributed by atoms with Gasteiger partial charge in [0.25, 0.3) is 0 Å². The fourth-order valence-electron chi connectivity index (χ4n) is 5.54. The third-order valence-electron chi connectivity index (χ3n) is 7.31. The normalized spacial score (nSPS) is 26.0. The third-order valence-corrected chi connectivity index (χ3v) is 8.76.